The summed E-state index contributed by atoms with van der Waals surface area (Å²) in [6.07, 6.45) is 0.433. The van der Waals surface area contributed by atoms with Crippen LogP contribution >= 0.6 is 0 Å². The van der Waals surface area contributed by atoms with Gasteiger partial charge in [0.15, 0.2) is 0 Å². The number of urea groups is 1. The van der Waals surface area contributed by atoms with Gasteiger partial charge in [0.2, 0.25) is 5.91 Å². The van der Waals surface area contributed by atoms with Gasteiger partial charge in [-0.15, -0.1) is 0 Å². The zero-order valence-electron chi connectivity index (χ0n) is 11.8. The lowest BCUT2D eigenvalue weighted by Gasteiger charge is -2.08. The van der Waals surface area contributed by atoms with E-state index in [2.05, 4.69) is 16.0 Å². The normalized spacial score (nSPS) is 17.2. The van der Waals surface area contributed by atoms with Crippen LogP contribution in [-0.2, 0) is 9.59 Å². The molecule has 1 aliphatic rings. The van der Waals surface area contributed by atoms with E-state index in [0.29, 0.717) is 5.69 Å². The highest BCUT2D eigenvalue weighted by atomic mass is 16.2. The number of anilines is 1. The van der Waals surface area contributed by atoms with E-state index in [1.54, 1.807) is 0 Å². The molecule has 0 saturated carbocycles. The van der Waals surface area contributed by atoms with Crippen molar-refractivity contribution in [3.8, 4) is 0 Å². The predicted octanol–water partition coefficient (Wildman–Crippen LogP) is 1.77. The quantitative estimate of drug-likeness (QED) is 0.752. The molecule has 0 aromatic heterocycles. The second kappa shape index (κ2) is 5.85. The first-order chi connectivity index (χ1) is 10.6. The first kappa shape index (κ1) is 14.1. The van der Waals surface area contributed by atoms with Gasteiger partial charge in [-0.3, -0.25) is 14.9 Å². The summed E-state index contributed by atoms with van der Waals surface area (Å²) in [6.45, 7) is 0. The number of fused-ring (bicyclic) bond motifs is 1. The van der Waals surface area contributed by atoms with Crippen LogP contribution in [0.15, 0.2) is 42.5 Å². The zero-order chi connectivity index (χ0) is 15.5. The van der Waals surface area contributed by atoms with Gasteiger partial charge in [-0.1, -0.05) is 30.3 Å². The summed E-state index contributed by atoms with van der Waals surface area (Å²) in [5.41, 5.74) is 0.712. The first-order valence-electron chi connectivity index (χ1n) is 7.02. The Balaban J connectivity index is 1.58. The highest BCUT2D eigenvalue weighted by Gasteiger charge is 2.29. The van der Waals surface area contributed by atoms with Crippen molar-refractivity contribution in [2.24, 2.45) is 0 Å². The van der Waals surface area contributed by atoms with E-state index in [1.165, 1.54) is 0 Å². The van der Waals surface area contributed by atoms with E-state index < -0.39 is 12.1 Å². The van der Waals surface area contributed by atoms with Gasteiger partial charge >= 0.3 is 6.03 Å². The molecule has 1 saturated heterocycles. The monoisotopic (exact) mass is 297 g/mol. The molecule has 0 radical (unpaired) electrons. The lowest BCUT2D eigenvalue weighted by molar-refractivity contribution is -0.120. The maximum atomic E-state index is 11.9. The van der Waals surface area contributed by atoms with Crippen molar-refractivity contribution in [2.45, 2.75) is 18.9 Å². The Labute approximate surface area is 126 Å². The van der Waals surface area contributed by atoms with Crippen LogP contribution in [0.1, 0.15) is 12.8 Å². The van der Waals surface area contributed by atoms with Gasteiger partial charge in [0, 0.05) is 12.1 Å². The Morgan fingerprint density at radius 1 is 1.09 bits per heavy atom. The van der Waals surface area contributed by atoms with Crippen LogP contribution in [0, 0.1) is 0 Å². The molecule has 2 aromatic rings. The third-order valence-electron chi connectivity index (χ3n) is 3.55. The molecule has 0 unspecified atom stereocenters. The zero-order valence-corrected chi connectivity index (χ0v) is 11.8. The van der Waals surface area contributed by atoms with Crippen molar-refractivity contribution < 1.29 is 14.4 Å². The molecule has 3 rings (SSSR count). The number of carbonyl (C=O) groups is 3. The van der Waals surface area contributed by atoms with Crippen molar-refractivity contribution in [3.05, 3.63) is 42.5 Å². The molecule has 4 amide bonds. The second-order valence-electron chi connectivity index (χ2n) is 5.16. The fourth-order valence-corrected chi connectivity index (χ4v) is 2.43. The van der Waals surface area contributed by atoms with Crippen LogP contribution in [-0.4, -0.2) is 23.9 Å². The van der Waals surface area contributed by atoms with E-state index in [0.717, 1.165) is 10.8 Å². The average molecular weight is 297 g/mol. The minimum Gasteiger partial charge on any atom is -0.326 e. The largest absolute Gasteiger partial charge is 0.326 e. The van der Waals surface area contributed by atoms with E-state index in [1.807, 2.05) is 42.5 Å². The predicted molar refractivity (Wildman–Crippen MR) is 82.3 cm³/mol. The fraction of sp³-hybridized carbons (Fsp3) is 0.188. The summed E-state index contributed by atoms with van der Waals surface area (Å²) in [7, 11) is 0. The number of imide groups is 1. The Bertz CT molecular complexity index is 757. The number of hydrogen-bond acceptors (Lipinski definition) is 3. The molecule has 2 aromatic carbocycles. The molecule has 1 atom stereocenters. The first-order valence-corrected chi connectivity index (χ1v) is 7.02. The standard InChI is InChI=1S/C16H15N3O3/c20-14(8-7-13-15(21)19-16(22)18-13)17-12-6-5-10-3-1-2-4-11(10)9-12/h1-6,9,13H,7-8H2,(H,17,20)(H2,18,19,21,22)/t13-/m0/s1. The molecular weight excluding hydrogens is 282 g/mol. The van der Waals surface area contributed by atoms with E-state index in [9.17, 15) is 14.4 Å². The van der Waals surface area contributed by atoms with Gasteiger partial charge in [0.05, 0.1) is 0 Å². The molecule has 3 N–H and O–H groups in total. The third-order valence-corrected chi connectivity index (χ3v) is 3.55. The van der Waals surface area contributed by atoms with Crippen molar-refractivity contribution in [1.82, 2.24) is 10.6 Å². The molecule has 0 spiro atoms. The van der Waals surface area contributed by atoms with Crippen LogP contribution in [0.2, 0.25) is 0 Å². The minimum absolute atomic E-state index is 0.158. The summed E-state index contributed by atoms with van der Waals surface area (Å²) in [5, 5.41) is 9.55. The summed E-state index contributed by atoms with van der Waals surface area (Å²) in [5.74, 6) is -0.576. The van der Waals surface area contributed by atoms with Gasteiger partial charge in [0.1, 0.15) is 6.04 Å². The lowest BCUT2D eigenvalue weighted by Crippen LogP contribution is -2.30. The molecule has 0 aliphatic carbocycles. The summed E-state index contributed by atoms with van der Waals surface area (Å²) < 4.78 is 0. The average Bonchev–Trinajstić information content (AvgIpc) is 2.83. The van der Waals surface area contributed by atoms with Crippen molar-refractivity contribution in [3.63, 3.8) is 0 Å². The minimum atomic E-state index is -0.630. The molecular formula is C16H15N3O3. The Morgan fingerprint density at radius 3 is 2.59 bits per heavy atom. The Hall–Kier alpha value is -2.89. The SMILES string of the molecule is O=C(CC[C@@H]1NC(=O)NC1=O)Nc1ccc2ccccc2c1. The Morgan fingerprint density at radius 2 is 1.86 bits per heavy atom. The van der Waals surface area contributed by atoms with Crippen LogP contribution in [0.3, 0.4) is 0 Å². The van der Waals surface area contributed by atoms with Gasteiger partial charge in [-0.25, -0.2) is 4.79 Å². The highest BCUT2D eigenvalue weighted by molar-refractivity contribution is 6.04. The number of nitrogens with one attached hydrogen (secondary N) is 3. The fourth-order valence-electron chi connectivity index (χ4n) is 2.43. The topological polar surface area (TPSA) is 87.3 Å². The summed E-state index contributed by atoms with van der Waals surface area (Å²) in [6, 6.07) is 12.4. The summed E-state index contributed by atoms with van der Waals surface area (Å²) in [4.78, 5) is 34.3. The maximum Gasteiger partial charge on any atom is 0.322 e. The third kappa shape index (κ3) is 3.06. The van der Waals surface area contributed by atoms with Crippen LogP contribution in [0.25, 0.3) is 10.8 Å². The van der Waals surface area contributed by atoms with Crippen LogP contribution in [0.5, 0.6) is 0 Å². The molecule has 0 bridgehead atoms. The van der Waals surface area contributed by atoms with Gasteiger partial charge in [-0.05, 0) is 29.3 Å². The van der Waals surface area contributed by atoms with Gasteiger partial charge in [-0.2, -0.15) is 0 Å². The second-order valence-corrected chi connectivity index (χ2v) is 5.16. The number of carbonyl (C=O) groups excluding carboxylic acids is 3. The van der Waals surface area contributed by atoms with Crippen molar-refractivity contribution in [2.75, 3.05) is 5.32 Å². The molecule has 6 heteroatoms. The van der Waals surface area contributed by atoms with E-state index >= 15 is 0 Å². The molecule has 1 heterocycles. The molecule has 1 fully saturated rings. The molecule has 22 heavy (non-hydrogen) atoms. The maximum absolute atomic E-state index is 11.9. The summed E-state index contributed by atoms with van der Waals surface area (Å²) >= 11 is 0. The number of benzene rings is 2. The lowest BCUT2D eigenvalue weighted by atomic mass is 10.1. The number of amides is 4. The van der Waals surface area contributed by atoms with E-state index in [-0.39, 0.29) is 24.7 Å². The number of hydrogen-bond donors (Lipinski definition) is 3. The van der Waals surface area contributed by atoms with Crippen molar-refractivity contribution >= 4 is 34.3 Å². The van der Waals surface area contributed by atoms with Crippen LogP contribution < -0.4 is 16.0 Å². The van der Waals surface area contributed by atoms with Gasteiger partial charge < -0.3 is 10.6 Å². The molecule has 6 nitrogen and oxygen atoms in total. The smallest absolute Gasteiger partial charge is 0.322 e. The van der Waals surface area contributed by atoms with Gasteiger partial charge in [0.25, 0.3) is 5.91 Å². The van der Waals surface area contributed by atoms with Crippen molar-refractivity contribution in [1.29, 1.82) is 0 Å². The highest BCUT2D eigenvalue weighted by Crippen LogP contribution is 2.19. The Kier molecular flexibility index (Phi) is 3.74. The number of rotatable bonds is 4. The van der Waals surface area contributed by atoms with Crippen LogP contribution in [0.4, 0.5) is 10.5 Å². The molecule has 112 valence electrons. The van der Waals surface area contributed by atoms with E-state index in [4.69, 9.17) is 0 Å². The molecule has 1 aliphatic heterocycles.